The fourth-order valence-electron chi connectivity index (χ4n) is 3.09. The van der Waals surface area contributed by atoms with Crippen LogP contribution < -0.4 is 0 Å². The van der Waals surface area contributed by atoms with Gasteiger partial charge in [-0.25, -0.2) is 8.42 Å². The zero-order chi connectivity index (χ0) is 19.4. The number of rotatable bonds is 6. The number of nitrogens with zero attached hydrogens (tertiary/aromatic N) is 3. The molecule has 0 spiro atoms. The van der Waals surface area contributed by atoms with Gasteiger partial charge in [0.25, 0.3) is 0 Å². The SMILES string of the molecule is Cc1ccc(S(=O)(=O)N2CCN(C(=O)CN(C)Cc3ccco3)CC2)cc1. The van der Waals surface area contributed by atoms with Crippen LogP contribution in [0.25, 0.3) is 0 Å². The normalized spacial score (nSPS) is 16.0. The van der Waals surface area contributed by atoms with Gasteiger partial charge in [-0.1, -0.05) is 17.7 Å². The second-order valence-electron chi connectivity index (χ2n) is 6.85. The third-order valence-corrected chi connectivity index (χ3v) is 6.57. The molecule has 1 aromatic heterocycles. The lowest BCUT2D eigenvalue weighted by Gasteiger charge is -2.34. The molecule has 1 saturated heterocycles. The number of amides is 1. The van der Waals surface area contributed by atoms with E-state index in [9.17, 15) is 13.2 Å². The molecule has 0 N–H and O–H groups in total. The first-order valence-corrected chi connectivity index (χ1v) is 10.4. The summed E-state index contributed by atoms with van der Waals surface area (Å²) in [6.45, 7) is 4.17. The van der Waals surface area contributed by atoms with E-state index in [1.54, 1.807) is 35.4 Å². The Morgan fingerprint density at radius 1 is 1.11 bits per heavy atom. The van der Waals surface area contributed by atoms with Gasteiger partial charge in [-0.2, -0.15) is 4.31 Å². The molecule has 146 valence electrons. The Labute approximate surface area is 160 Å². The van der Waals surface area contributed by atoms with E-state index >= 15 is 0 Å². The van der Waals surface area contributed by atoms with Crippen LogP contribution in [0.5, 0.6) is 0 Å². The molecule has 7 nitrogen and oxygen atoms in total. The van der Waals surface area contributed by atoms with Crippen molar-refractivity contribution in [3.8, 4) is 0 Å². The molecule has 1 fully saturated rings. The Bertz CT molecular complexity index is 855. The van der Waals surface area contributed by atoms with Crippen LogP contribution in [0.4, 0.5) is 0 Å². The highest BCUT2D eigenvalue weighted by Gasteiger charge is 2.30. The summed E-state index contributed by atoms with van der Waals surface area (Å²) in [5, 5.41) is 0. The Kier molecular flexibility index (Phi) is 5.98. The fourth-order valence-corrected chi connectivity index (χ4v) is 4.51. The van der Waals surface area contributed by atoms with Crippen LogP contribution in [-0.4, -0.2) is 68.2 Å². The van der Waals surface area contributed by atoms with Crippen LogP contribution in [0.3, 0.4) is 0 Å². The zero-order valence-corrected chi connectivity index (χ0v) is 16.5. The van der Waals surface area contributed by atoms with Crippen molar-refractivity contribution in [2.24, 2.45) is 0 Å². The zero-order valence-electron chi connectivity index (χ0n) is 15.7. The number of likely N-dealkylation sites (N-methyl/N-ethyl adjacent to an activating group) is 1. The summed E-state index contributed by atoms with van der Waals surface area (Å²) in [5.41, 5.74) is 1.02. The third kappa shape index (κ3) is 4.77. The molecule has 1 aliphatic rings. The number of hydrogen-bond donors (Lipinski definition) is 0. The first kappa shape index (κ1) is 19.6. The Balaban J connectivity index is 1.53. The Morgan fingerprint density at radius 2 is 1.78 bits per heavy atom. The van der Waals surface area contributed by atoms with E-state index in [1.165, 1.54) is 4.31 Å². The average Bonchev–Trinajstić information content (AvgIpc) is 3.15. The monoisotopic (exact) mass is 391 g/mol. The van der Waals surface area contributed by atoms with E-state index in [4.69, 9.17) is 4.42 Å². The van der Waals surface area contributed by atoms with Crippen LogP contribution in [0.15, 0.2) is 52.0 Å². The van der Waals surface area contributed by atoms with E-state index in [1.807, 2.05) is 31.0 Å². The molecule has 1 amide bonds. The molecule has 2 heterocycles. The summed E-state index contributed by atoms with van der Waals surface area (Å²) in [5.74, 6) is 0.802. The lowest BCUT2D eigenvalue weighted by molar-refractivity contribution is -0.133. The molecule has 0 saturated carbocycles. The highest BCUT2D eigenvalue weighted by Crippen LogP contribution is 2.18. The summed E-state index contributed by atoms with van der Waals surface area (Å²) in [6, 6.07) is 10.5. The van der Waals surface area contributed by atoms with Gasteiger partial charge in [-0.15, -0.1) is 0 Å². The smallest absolute Gasteiger partial charge is 0.243 e. The van der Waals surface area contributed by atoms with Crippen molar-refractivity contribution in [1.82, 2.24) is 14.1 Å². The van der Waals surface area contributed by atoms with Gasteiger partial charge in [-0.3, -0.25) is 9.69 Å². The summed E-state index contributed by atoms with van der Waals surface area (Å²) in [7, 11) is -1.65. The molecule has 2 aromatic rings. The summed E-state index contributed by atoms with van der Waals surface area (Å²) < 4.78 is 32.2. The summed E-state index contributed by atoms with van der Waals surface area (Å²) >= 11 is 0. The maximum atomic E-state index is 12.7. The number of sulfonamides is 1. The van der Waals surface area contributed by atoms with Gasteiger partial charge >= 0.3 is 0 Å². The number of furan rings is 1. The number of carbonyl (C=O) groups is 1. The topological polar surface area (TPSA) is 74.1 Å². The van der Waals surface area contributed by atoms with Gasteiger partial charge in [0.2, 0.25) is 15.9 Å². The van der Waals surface area contributed by atoms with Crippen LogP contribution >= 0.6 is 0 Å². The van der Waals surface area contributed by atoms with Gasteiger partial charge in [0, 0.05) is 26.2 Å². The largest absolute Gasteiger partial charge is 0.468 e. The molecule has 27 heavy (non-hydrogen) atoms. The molecule has 0 bridgehead atoms. The van der Waals surface area contributed by atoms with E-state index in [0.29, 0.717) is 37.6 Å². The standard InChI is InChI=1S/C19H25N3O4S/c1-16-5-7-18(8-6-16)27(24,25)22-11-9-21(10-12-22)19(23)15-20(2)14-17-4-3-13-26-17/h3-8,13H,9-12,14-15H2,1-2H3. The van der Waals surface area contributed by atoms with E-state index in [-0.39, 0.29) is 12.5 Å². The molecule has 1 aromatic carbocycles. The highest BCUT2D eigenvalue weighted by molar-refractivity contribution is 7.89. The molecule has 8 heteroatoms. The second kappa shape index (κ2) is 8.24. The highest BCUT2D eigenvalue weighted by atomic mass is 32.2. The van der Waals surface area contributed by atoms with Crippen LogP contribution in [0.2, 0.25) is 0 Å². The lowest BCUT2D eigenvalue weighted by atomic mass is 10.2. The average molecular weight is 391 g/mol. The summed E-state index contributed by atoms with van der Waals surface area (Å²) in [6.07, 6.45) is 1.61. The van der Waals surface area contributed by atoms with Gasteiger partial charge in [0.1, 0.15) is 5.76 Å². The quantitative estimate of drug-likeness (QED) is 0.747. The first-order chi connectivity index (χ1) is 12.9. The van der Waals surface area contributed by atoms with Crippen molar-refractivity contribution in [2.75, 3.05) is 39.8 Å². The first-order valence-electron chi connectivity index (χ1n) is 8.92. The summed E-state index contributed by atoms with van der Waals surface area (Å²) in [4.78, 5) is 16.4. The molecule has 0 atom stereocenters. The number of aryl methyl sites for hydroxylation is 1. The minimum absolute atomic E-state index is 0.00330. The fraction of sp³-hybridized carbons (Fsp3) is 0.421. The maximum Gasteiger partial charge on any atom is 0.243 e. The Morgan fingerprint density at radius 3 is 2.37 bits per heavy atom. The molecular weight excluding hydrogens is 366 g/mol. The van der Waals surface area contributed by atoms with Crippen molar-refractivity contribution in [2.45, 2.75) is 18.4 Å². The molecule has 0 unspecified atom stereocenters. The molecule has 0 aliphatic carbocycles. The lowest BCUT2D eigenvalue weighted by Crippen LogP contribution is -2.52. The van der Waals surface area contributed by atoms with Crippen molar-refractivity contribution < 1.29 is 17.6 Å². The van der Waals surface area contributed by atoms with Crippen molar-refractivity contribution in [1.29, 1.82) is 0 Å². The van der Waals surface area contributed by atoms with Crippen LogP contribution in [0.1, 0.15) is 11.3 Å². The van der Waals surface area contributed by atoms with E-state index in [2.05, 4.69) is 0 Å². The van der Waals surface area contributed by atoms with Crippen molar-refractivity contribution >= 4 is 15.9 Å². The predicted octanol–water partition coefficient (Wildman–Crippen LogP) is 1.55. The van der Waals surface area contributed by atoms with Crippen molar-refractivity contribution in [3.63, 3.8) is 0 Å². The molecule has 1 aliphatic heterocycles. The van der Waals surface area contributed by atoms with Gasteiger partial charge in [0.15, 0.2) is 0 Å². The maximum absolute atomic E-state index is 12.7. The van der Waals surface area contributed by atoms with E-state index < -0.39 is 10.0 Å². The van der Waals surface area contributed by atoms with Gasteiger partial charge in [0.05, 0.1) is 24.2 Å². The molecule has 3 rings (SSSR count). The Hall–Kier alpha value is -2.16. The van der Waals surface area contributed by atoms with Gasteiger partial charge < -0.3 is 9.32 Å². The number of benzene rings is 1. The number of piperazine rings is 1. The minimum Gasteiger partial charge on any atom is -0.468 e. The minimum atomic E-state index is -3.51. The third-order valence-electron chi connectivity index (χ3n) is 4.66. The molecular formula is C19H25N3O4S. The molecule has 0 radical (unpaired) electrons. The second-order valence-corrected chi connectivity index (χ2v) is 8.79. The van der Waals surface area contributed by atoms with Gasteiger partial charge in [-0.05, 0) is 38.2 Å². The number of carbonyl (C=O) groups excluding carboxylic acids is 1. The van der Waals surface area contributed by atoms with E-state index in [0.717, 1.165) is 11.3 Å². The van der Waals surface area contributed by atoms with Crippen molar-refractivity contribution in [3.05, 3.63) is 54.0 Å². The number of hydrogen-bond acceptors (Lipinski definition) is 5. The van der Waals surface area contributed by atoms with Crippen LogP contribution in [-0.2, 0) is 21.4 Å². The van der Waals surface area contributed by atoms with Crippen LogP contribution in [0, 0.1) is 6.92 Å². The predicted molar refractivity (Wildman–Crippen MR) is 102 cm³/mol.